The Morgan fingerprint density at radius 2 is 1.45 bits per heavy atom. The summed E-state index contributed by atoms with van der Waals surface area (Å²) in [5.41, 5.74) is -1.56. The predicted molar refractivity (Wildman–Crippen MR) is 55.1 cm³/mol. The number of hydrogen-bond donors (Lipinski definition) is 1. The van der Waals surface area contributed by atoms with Crippen molar-refractivity contribution < 1.29 is 31.5 Å². The number of rotatable bonds is 1. The number of halogens is 5. The van der Waals surface area contributed by atoms with Crippen molar-refractivity contribution in [3.8, 4) is 0 Å². The van der Waals surface area contributed by atoms with E-state index in [1.807, 2.05) is 0 Å². The van der Waals surface area contributed by atoms with Crippen molar-refractivity contribution in [3.63, 3.8) is 0 Å². The van der Waals surface area contributed by atoms with Crippen molar-refractivity contribution in [2.24, 2.45) is 0 Å². The Balaban J connectivity index is 2.47. The first-order valence-corrected chi connectivity index (χ1v) is 5.42. The molecular formula is C11H7F5N2O2. The molecule has 0 bridgehead atoms. The Morgan fingerprint density at radius 3 is 1.95 bits per heavy atom. The van der Waals surface area contributed by atoms with Gasteiger partial charge in [-0.3, -0.25) is 9.59 Å². The zero-order chi connectivity index (χ0) is 15.0. The minimum absolute atomic E-state index is 0.0277. The lowest BCUT2D eigenvalue weighted by Crippen LogP contribution is -2.50. The first-order chi connectivity index (χ1) is 9.34. The topological polar surface area (TPSA) is 49.4 Å². The molecule has 1 aliphatic rings. The lowest BCUT2D eigenvalue weighted by Gasteiger charge is -2.27. The van der Waals surface area contributed by atoms with Crippen molar-refractivity contribution in [1.82, 2.24) is 10.2 Å². The minimum atomic E-state index is -2.34. The second kappa shape index (κ2) is 5.06. The molecular weight excluding hydrogens is 287 g/mol. The van der Waals surface area contributed by atoms with Crippen molar-refractivity contribution in [2.45, 2.75) is 0 Å². The van der Waals surface area contributed by atoms with Gasteiger partial charge < -0.3 is 10.2 Å². The van der Waals surface area contributed by atoms with Crippen LogP contribution in [0.15, 0.2) is 0 Å². The summed E-state index contributed by atoms with van der Waals surface area (Å²) >= 11 is 0. The van der Waals surface area contributed by atoms with Crippen molar-refractivity contribution in [1.29, 1.82) is 0 Å². The molecule has 9 heteroatoms. The third kappa shape index (κ3) is 2.19. The fourth-order valence-electron chi connectivity index (χ4n) is 1.76. The number of carbonyl (C=O) groups is 2. The van der Waals surface area contributed by atoms with Crippen LogP contribution >= 0.6 is 0 Å². The second-order valence-electron chi connectivity index (χ2n) is 4.02. The molecule has 1 aromatic carbocycles. The molecule has 0 saturated carbocycles. The molecule has 2 amide bonds. The summed E-state index contributed by atoms with van der Waals surface area (Å²) in [5, 5.41) is 2.35. The zero-order valence-electron chi connectivity index (χ0n) is 9.77. The molecule has 0 atom stereocenters. The van der Waals surface area contributed by atoms with Gasteiger partial charge in [-0.1, -0.05) is 0 Å². The maximum atomic E-state index is 13.4. The van der Waals surface area contributed by atoms with Gasteiger partial charge in [0.05, 0.1) is 6.54 Å². The second-order valence-corrected chi connectivity index (χ2v) is 4.02. The fourth-order valence-corrected chi connectivity index (χ4v) is 1.76. The largest absolute Gasteiger partial charge is 0.353 e. The van der Waals surface area contributed by atoms with E-state index in [1.54, 1.807) is 0 Å². The van der Waals surface area contributed by atoms with Gasteiger partial charge in [-0.15, -0.1) is 0 Å². The Kier molecular flexibility index (Phi) is 3.60. The summed E-state index contributed by atoms with van der Waals surface area (Å²) in [7, 11) is 0. The van der Waals surface area contributed by atoms with Crippen LogP contribution in [0.1, 0.15) is 10.4 Å². The maximum Gasteiger partial charge on any atom is 0.260 e. The van der Waals surface area contributed by atoms with Gasteiger partial charge in [0.15, 0.2) is 23.3 Å². The highest BCUT2D eigenvalue weighted by atomic mass is 19.2. The summed E-state index contributed by atoms with van der Waals surface area (Å²) in [6.07, 6.45) is 0. The van der Waals surface area contributed by atoms with E-state index in [0.717, 1.165) is 0 Å². The summed E-state index contributed by atoms with van der Waals surface area (Å²) < 4.78 is 65.7. The molecule has 1 N–H and O–H groups in total. The van der Waals surface area contributed by atoms with Crippen molar-refractivity contribution in [2.75, 3.05) is 19.6 Å². The molecule has 0 radical (unpaired) electrons. The van der Waals surface area contributed by atoms with Gasteiger partial charge in [-0.05, 0) is 0 Å². The molecule has 0 unspecified atom stereocenters. The smallest absolute Gasteiger partial charge is 0.260 e. The quantitative estimate of drug-likeness (QED) is 0.476. The lowest BCUT2D eigenvalue weighted by atomic mass is 10.1. The van der Waals surface area contributed by atoms with Crippen molar-refractivity contribution in [3.05, 3.63) is 34.6 Å². The van der Waals surface area contributed by atoms with Crippen molar-refractivity contribution >= 4 is 11.8 Å². The van der Waals surface area contributed by atoms with E-state index >= 15 is 0 Å². The monoisotopic (exact) mass is 294 g/mol. The molecule has 2 rings (SSSR count). The number of carbonyl (C=O) groups excluding carboxylic acids is 2. The first-order valence-electron chi connectivity index (χ1n) is 5.42. The third-order valence-electron chi connectivity index (χ3n) is 2.75. The highest BCUT2D eigenvalue weighted by Gasteiger charge is 2.33. The van der Waals surface area contributed by atoms with Crippen LogP contribution in [0.4, 0.5) is 22.0 Å². The number of piperazine rings is 1. The summed E-state index contributed by atoms with van der Waals surface area (Å²) in [4.78, 5) is 23.6. The molecule has 1 fully saturated rings. The van der Waals surface area contributed by atoms with E-state index in [9.17, 15) is 31.5 Å². The average Bonchev–Trinajstić information content (AvgIpc) is 2.43. The van der Waals surface area contributed by atoms with Gasteiger partial charge in [0.1, 0.15) is 5.56 Å². The van der Waals surface area contributed by atoms with Gasteiger partial charge in [0.2, 0.25) is 11.7 Å². The highest BCUT2D eigenvalue weighted by molar-refractivity contribution is 5.97. The summed E-state index contributed by atoms with van der Waals surface area (Å²) in [6, 6.07) is 0. The van der Waals surface area contributed by atoms with Crippen LogP contribution in [0.3, 0.4) is 0 Å². The number of amides is 2. The Labute approximate surface area is 109 Å². The van der Waals surface area contributed by atoms with Gasteiger partial charge in [0.25, 0.3) is 5.91 Å². The molecule has 0 aliphatic carbocycles. The van der Waals surface area contributed by atoms with Crippen LogP contribution in [0.2, 0.25) is 0 Å². The van der Waals surface area contributed by atoms with Gasteiger partial charge >= 0.3 is 0 Å². The van der Waals surface area contributed by atoms with Crippen LogP contribution in [-0.4, -0.2) is 36.3 Å². The molecule has 1 aromatic rings. The zero-order valence-corrected chi connectivity index (χ0v) is 9.77. The van der Waals surface area contributed by atoms with Crippen LogP contribution in [0, 0.1) is 29.1 Å². The van der Waals surface area contributed by atoms with Gasteiger partial charge in [0, 0.05) is 13.1 Å². The highest BCUT2D eigenvalue weighted by Crippen LogP contribution is 2.24. The van der Waals surface area contributed by atoms with E-state index in [4.69, 9.17) is 0 Å². The molecule has 0 spiro atoms. The SMILES string of the molecule is O=C1CN(C(=O)c2c(F)c(F)c(F)c(F)c2F)CCN1. The Morgan fingerprint density at radius 1 is 0.950 bits per heavy atom. The summed E-state index contributed by atoms with van der Waals surface area (Å²) in [5.74, 6) is -13.2. The van der Waals surface area contributed by atoms with E-state index < -0.39 is 53.0 Å². The maximum absolute atomic E-state index is 13.4. The number of benzene rings is 1. The summed E-state index contributed by atoms with van der Waals surface area (Å²) in [6.45, 7) is -0.581. The number of nitrogens with zero attached hydrogens (tertiary/aromatic N) is 1. The Hall–Kier alpha value is -2.19. The van der Waals surface area contributed by atoms with Crippen LogP contribution in [0.25, 0.3) is 0 Å². The standard InChI is InChI=1S/C11H7F5N2O2/c12-6-5(7(13)9(15)10(16)8(6)14)11(20)18-2-1-17-4(19)3-18/h1-3H2,(H,17,19). The fraction of sp³-hybridized carbons (Fsp3) is 0.273. The minimum Gasteiger partial charge on any atom is -0.353 e. The number of hydrogen-bond acceptors (Lipinski definition) is 2. The van der Waals surface area contributed by atoms with E-state index in [1.165, 1.54) is 0 Å². The van der Waals surface area contributed by atoms with Gasteiger partial charge in [-0.2, -0.15) is 0 Å². The molecule has 0 aromatic heterocycles. The normalized spacial score (nSPS) is 15.2. The predicted octanol–water partition coefficient (Wildman–Crippen LogP) is 0.954. The Bertz CT molecular complexity index is 576. The molecule has 108 valence electrons. The third-order valence-corrected chi connectivity index (χ3v) is 2.75. The van der Waals surface area contributed by atoms with Crippen LogP contribution in [-0.2, 0) is 4.79 Å². The van der Waals surface area contributed by atoms with Gasteiger partial charge in [-0.25, -0.2) is 22.0 Å². The average molecular weight is 294 g/mol. The molecule has 4 nitrogen and oxygen atoms in total. The lowest BCUT2D eigenvalue weighted by molar-refractivity contribution is -0.123. The van der Waals surface area contributed by atoms with E-state index in [-0.39, 0.29) is 13.1 Å². The first kappa shape index (κ1) is 14.2. The van der Waals surface area contributed by atoms with Crippen LogP contribution < -0.4 is 5.32 Å². The molecule has 1 heterocycles. The number of nitrogens with one attached hydrogen (secondary N) is 1. The van der Waals surface area contributed by atoms with E-state index in [0.29, 0.717) is 4.90 Å². The van der Waals surface area contributed by atoms with Crippen LogP contribution in [0.5, 0.6) is 0 Å². The van der Waals surface area contributed by atoms with E-state index in [2.05, 4.69) is 5.32 Å². The molecule has 20 heavy (non-hydrogen) atoms. The molecule has 1 saturated heterocycles. The molecule has 1 aliphatic heterocycles.